The van der Waals surface area contributed by atoms with Gasteiger partial charge < -0.3 is 9.47 Å². The van der Waals surface area contributed by atoms with Gasteiger partial charge in [-0.3, -0.25) is 10.1 Å². The molecule has 3 rings (SSSR count). The van der Waals surface area contributed by atoms with Gasteiger partial charge in [-0.15, -0.1) is 10.2 Å². The maximum Gasteiger partial charge on any atom is 0.264 e. The lowest BCUT2D eigenvalue weighted by Gasteiger charge is -2.06. The highest BCUT2D eigenvalue weighted by Crippen LogP contribution is 2.28. The fourth-order valence-electron chi connectivity index (χ4n) is 1.98. The minimum Gasteiger partial charge on any atom is -0.497 e. The van der Waals surface area contributed by atoms with Crippen molar-refractivity contribution in [1.82, 2.24) is 10.2 Å². The number of carbonyl (C=O) groups excluding carboxylic acids is 1. The predicted molar refractivity (Wildman–Crippen MR) is 97.5 cm³/mol. The Morgan fingerprint density at radius 3 is 2.64 bits per heavy atom. The zero-order valence-electron chi connectivity index (χ0n) is 13.2. The lowest BCUT2D eigenvalue weighted by atomic mass is 10.2. The smallest absolute Gasteiger partial charge is 0.264 e. The summed E-state index contributed by atoms with van der Waals surface area (Å²) in [6.45, 7) is -0.165. The molecule has 0 saturated heterocycles. The van der Waals surface area contributed by atoms with Gasteiger partial charge in [0.1, 0.15) is 16.5 Å². The van der Waals surface area contributed by atoms with Gasteiger partial charge in [-0.2, -0.15) is 0 Å². The molecule has 0 saturated carbocycles. The number of methoxy groups -OCH3 is 1. The van der Waals surface area contributed by atoms with Crippen molar-refractivity contribution in [3.05, 3.63) is 53.6 Å². The Morgan fingerprint density at radius 2 is 1.92 bits per heavy atom. The number of nitrogens with zero attached hydrogens (tertiary/aromatic N) is 2. The van der Waals surface area contributed by atoms with Crippen molar-refractivity contribution in [2.24, 2.45) is 0 Å². The topological polar surface area (TPSA) is 73.3 Å². The number of hydrogen-bond acceptors (Lipinski definition) is 6. The van der Waals surface area contributed by atoms with Crippen molar-refractivity contribution in [2.75, 3.05) is 19.0 Å². The number of rotatable bonds is 6. The molecule has 0 atom stereocenters. The highest BCUT2D eigenvalue weighted by molar-refractivity contribution is 7.18. The van der Waals surface area contributed by atoms with Crippen LogP contribution in [0.3, 0.4) is 0 Å². The second-order valence-electron chi connectivity index (χ2n) is 4.91. The van der Waals surface area contributed by atoms with E-state index in [1.165, 1.54) is 11.3 Å². The minimum absolute atomic E-state index is 0.165. The molecule has 0 aliphatic heterocycles. The van der Waals surface area contributed by atoms with Crippen molar-refractivity contribution >= 4 is 34.0 Å². The molecule has 1 N–H and O–H groups in total. The van der Waals surface area contributed by atoms with Crippen LogP contribution in [0.15, 0.2) is 48.5 Å². The van der Waals surface area contributed by atoms with Crippen LogP contribution in [-0.2, 0) is 4.79 Å². The van der Waals surface area contributed by atoms with Gasteiger partial charge in [0.05, 0.1) is 12.1 Å². The average Bonchev–Trinajstić information content (AvgIpc) is 3.09. The molecule has 0 fully saturated rings. The van der Waals surface area contributed by atoms with Gasteiger partial charge in [-0.25, -0.2) is 0 Å². The Bertz CT molecular complexity index is 868. The van der Waals surface area contributed by atoms with Gasteiger partial charge in [0.2, 0.25) is 5.13 Å². The molecule has 1 amide bonds. The van der Waals surface area contributed by atoms with Crippen molar-refractivity contribution in [1.29, 1.82) is 0 Å². The summed E-state index contributed by atoms with van der Waals surface area (Å²) in [4.78, 5) is 12.0. The second-order valence-corrected chi connectivity index (χ2v) is 6.29. The monoisotopic (exact) mass is 375 g/mol. The molecule has 1 aromatic heterocycles. The van der Waals surface area contributed by atoms with Crippen molar-refractivity contribution < 1.29 is 14.3 Å². The largest absolute Gasteiger partial charge is 0.497 e. The van der Waals surface area contributed by atoms with Gasteiger partial charge in [0.25, 0.3) is 5.91 Å². The Labute approximate surface area is 153 Å². The van der Waals surface area contributed by atoms with E-state index < -0.39 is 0 Å². The van der Waals surface area contributed by atoms with E-state index in [-0.39, 0.29) is 12.5 Å². The highest BCUT2D eigenvalue weighted by Gasteiger charge is 2.11. The first kappa shape index (κ1) is 17.2. The SMILES string of the molecule is COc1ccc(-c2nnc(NC(=O)COc3ccccc3Cl)s2)cc1. The van der Waals surface area contributed by atoms with Crippen LogP contribution in [0.1, 0.15) is 0 Å². The summed E-state index contributed by atoms with van der Waals surface area (Å²) in [7, 11) is 1.61. The number of aromatic nitrogens is 2. The van der Waals surface area contributed by atoms with E-state index in [0.717, 1.165) is 11.3 Å². The van der Waals surface area contributed by atoms with Crippen molar-refractivity contribution in [2.45, 2.75) is 0 Å². The molecule has 0 aliphatic rings. The summed E-state index contributed by atoms with van der Waals surface area (Å²) >= 11 is 7.25. The first-order valence-electron chi connectivity index (χ1n) is 7.31. The Morgan fingerprint density at radius 1 is 1.16 bits per heavy atom. The number of anilines is 1. The van der Waals surface area contributed by atoms with Crippen LogP contribution in [0, 0.1) is 0 Å². The quantitative estimate of drug-likeness (QED) is 0.707. The molecule has 128 valence electrons. The molecule has 25 heavy (non-hydrogen) atoms. The van der Waals surface area contributed by atoms with Gasteiger partial charge in [-0.05, 0) is 36.4 Å². The number of amides is 1. The van der Waals surface area contributed by atoms with E-state index in [4.69, 9.17) is 21.1 Å². The molecule has 0 radical (unpaired) electrons. The zero-order chi connectivity index (χ0) is 17.6. The van der Waals surface area contributed by atoms with E-state index in [2.05, 4.69) is 15.5 Å². The predicted octanol–water partition coefficient (Wildman–Crippen LogP) is 3.88. The molecular formula is C17H14ClN3O3S. The summed E-state index contributed by atoms with van der Waals surface area (Å²) in [6, 6.07) is 14.4. The Kier molecular flexibility index (Phi) is 5.47. The van der Waals surface area contributed by atoms with E-state index in [1.807, 2.05) is 24.3 Å². The standard InChI is InChI=1S/C17H14ClN3O3S/c1-23-12-8-6-11(7-9-12)16-20-21-17(25-16)19-15(22)10-24-14-5-3-2-4-13(14)18/h2-9H,10H2,1H3,(H,19,21,22). The molecule has 0 aliphatic carbocycles. The van der Waals surface area contributed by atoms with E-state index in [0.29, 0.717) is 20.9 Å². The second kappa shape index (κ2) is 7.96. The van der Waals surface area contributed by atoms with E-state index in [1.54, 1.807) is 31.4 Å². The molecule has 3 aromatic rings. The number of para-hydroxylation sites is 1. The number of carbonyl (C=O) groups is 1. The van der Waals surface area contributed by atoms with Crippen LogP contribution < -0.4 is 14.8 Å². The van der Waals surface area contributed by atoms with Gasteiger partial charge in [0.15, 0.2) is 6.61 Å². The molecule has 6 nitrogen and oxygen atoms in total. The maximum absolute atomic E-state index is 12.0. The molecular weight excluding hydrogens is 362 g/mol. The fourth-order valence-corrected chi connectivity index (χ4v) is 2.94. The van der Waals surface area contributed by atoms with Crippen molar-refractivity contribution in [3.8, 4) is 22.1 Å². The molecule has 1 heterocycles. The first-order chi connectivity index (χ1) is 12.2. The van der Waals surface area contributed by atoms with Gasteiger partial charge in [-0.1, -0.05) is 35.1 Å². The van der Waals surface area contributed by atoms with E-state index in [9.17, 15) is 4.79 Å². The third-order valence-corrected chi connectivity index (χ3v) is 4.40. The fraction of sp³-hybridized carbons (Fsp3) is 0.118. The van der Waals surface area contributed by atoms with Crippen LogP contribution in [-0.4, -0.2) is 29.8 Å². The summed E-state index contributed by atoms with van der Waals surface area (Å²) in [5.74, 6) is 0.881. The van der Waals surface area contributed by atoms with Gasteiger partial charge in [0, 0.05) is 5.56 Å². The average molecular weight is 376 g/mol. The summed E-state index contributed by atoms with van der Waals surface area (Å²) in [5.41, 5.74) is 0.895. The van der Waals surface area contributed by atoms with E-state index >= 15 is 0 Å². The summed E-state index contributed by atoms with van der Waals surface area (Å²) in [5, 5.41) is 12.3. The number of benzene rings is 2. The molecule has 0 bridgehead atoms. The van der Waals surface area contributed by atoms with Crippen LogP contribution in [0.5, 0.6) is 11.5 Å². The minimum atomic E-state index is -0.336. The summed E-state index contributed by atoms with van der Waals surface area (Å²) < 4.78 is 10.5. The van der Waals surface area contributed by atoms with Crippen LogP contribution in [0.2, 0.25) is 5.02 Å². The first-order valence-corrected chi connectivity index (χ1v) is 8.50. The lowest BCUT2D eigenvalue weighted by Crippen LogP contribution is -2.20. The number of halogens is 1. The maximum atomic E-state index is 12.0. The zero-order valence-corrected chi connectivity index (χ0v) is 14.8. The molecule has 0 spiro atoms. The summed E-state index contributed by atoms with van der Waals surface area (Å²) in [6.07, 6.45) is 0. The van der Waals surface area contributed by atoms with Crippen LogP contribution >= 0.6 is 22.9 Å². The van der Waals surface area contributed by atoms with Crippen LogP contribution in [0.4, 0.5) is 5.13 Å². The third-order valence-electron chi connectivity index (χ3n) is 3.20. The Hall–Kier alpha value is -2.64. The number of hydrogen-bond donors (Lipinski definition) is 1. The molecule has 2 aromatic carbocycles. The number of nitrogens with one attached hydrogen (secondary N) is 1. The third kappa shape index (κ3) is 4.46. The molecule has 8 heteroatoms. The Balaban J connectivity index is 1.59. The van der Waals surface area contributed by atoms with Crippen LogP contribution in [0.25, 0.3) is 10.6 Å². The lowest BCUT2D eigenvalue weighted by molar-refractivity contribution is -0.118. The normalized spacial score (nSPS) is 10.3. The van der Waals surface area contributed by atoms with Gasteiger partial charge >= 0.3 is 0 Å². The van der Waals surface area contributed by atoms with Crippen molar-refractivity contribution in [3.63, 3.8) is 0 Å². The highest BCUT2D eigenvalue weighted by atomic mass is 35.5. The number of ether oxygens (including phenoxy) is 2. The molecule has 0 unspecified atom stereocenters.